The number of carbonyl (C=O) groups is 2. The topological polar surface area (TPSA) is 110 Å². The molecule has 0 radical (unpaired) electrons. The maximum absolute atomic E-state index is 13.5. The van der Waals surface area contributed by atoms with E-state index in [1.54, 1.807) is 17.7 Å². The molecule has 9 heteroatoms. The van der Waals surface area contributed by atoms with Gasteiger partial charge < -0.3 is 15.2 Å². The highest BCUT2D eigenvalue weighted by molar-refractivity contribution is 6.04. The minimum atomic E-state index is -0.527. The molecule has 3 rings (SSSR count). The van der Waals surface area contributed by atoms with E-state index in [-0.39, 0.29) is 13.2 Å². The molecule has 0 atom stereocenters. The first-order valence-electron chi connectivity index (χ1n) is 11.2. The number of ether oxygens (including phenoxy) is 1. The number of rotatable bonds is 9. The van der Waals surface area contributed by atoms with Gasteiger partial charge >= 0.3 is 6.03 Å². The van der Waals surface area contributed by atoms with Crippen molar-refractivity contribution in [3.63, 3.8) is 0 Å². The molecule has 1 aliphatic carbocycles. The van der Waals surface area contributed by atoms with Crippen molar-refractivity contribution in [2.75, 3.05) is 26.8 Å². The maximum Gasteiger partial charge on any atom is 0.324 e. The minimum absolute atomic E-state index is 0.101. The number of imidazole rings is 1. The van der Waals surface area contributed by atoms with Gasteiger partial charge in [-0.15, -0.1) is 0 Å². The summed E-state index contributed by atoms with van der Waals surface area (Å²) in [6.45, 7) is 4.54. The van der Waals surface area contributed by atoms with Gasteiger partial charge in [-0.3, -0.25) is 19.2 Å². The summed E-state index contributed by atoms with van der Waals surface area (Å²) in [6.07, 6.45) is 6.76. The first kappa shape index (κ1) is 23.7. The van der Waals surface area contributed by atoms with Crippen LogP contribution in [0.15, 0.2) is 18.3 Å². The molecule has 1 saturated carbocycles. The molecule has 2 heterocycles. The summed E-state index contributed by atoms with van der Waals surface area (Å²) in [5.41, 5.74) is 2.59. The normalized spacial score (nSPS) is 13.9. The Balaban J connectivity index is 1.95. The zero-order valence-corrected chi connectivity index (χ0v) is 19.1. The van der Waals surface area contributed by atoms with Crippen LogP contribution in [0.3, 0.4) is 0 Å². The van der Waals surface area contributed by atoms with Crippen LogP contribution in [0.2, 0.25) is 0 Å². The minimum Gasteiger partial charge on any atom is -0.464 e. The second-order valence-electron chi connectivity index (χ2n) is 8.27. The van der Waals surface area contributed by atoms with E-state index in [0.717, 1.165) is 29.0 Å². The first-order chi connectivity index (χ1) is 15.4. The number of amides is 3. The van der Waals surface area contributed by atoms with E-state index in [0.29, 0.717) is 42.9 Å². The van der Waals surface area contributed by atoms with Crippen LogP contribution in [0.5, 0.6) is 6.01 Å². The summed E-state index contributed by atoms with van der Waals surface area (Å²) >= 11 is 0. The summed E-state index contributed by atoms with van der Waals surface area (Å²) < 4.78 is 7.83. The highest BCUT2D eigenvalue weighted by Crippen LogP contribution is 2.27. The number of pyridine rings is 1. The number of aromatic nitrogens is 3. The molecule has 2 aromatic rings. The summed E-state index contributed by atoms with van der Waals surface area (Å²) in [5.74, 6) is 0.0196. The lowest BCUT2D eigenvalue weighted by Gasteiger charge is -2.21. The van der Waals surface area contributed by atoms with Crippen LogP contribution in [0.25, 0.3) is 0 Å². The number of hydrogen-bond donors (Lipinski definition) is 2. The molecular formula is C23H33N5O4. The van der Waals surface area contributed by atoms with Crippen LogP contribution in [-0.4, -0.2) is 63.3 Å². The molecule has 1 aliphatic rings. The third-order valence-corrected chi connectivity index (χ3v) is 5.79. The molecule has 2 aromatic heterocycles. The number of urea groups is 1. The second-order valence-corrected chi connectivity index (χ2v) is 8.27. The lowest BCUT2D eigenvalue weighted by Crippen LogP contribution is -2.44. The lowest BCUT2D eigenvalue weighted by molar-refractivity contribution is 0.0781. The van der Waals surface area contributed by atoms with Crippen molar-refractivity contribution in [2.45, 2.75) is 52.5 Å². The van der Waals surface area contributed by atoms with Crippen LogP contribution in [0, 0.1) is 19.8 Å². The van der Waals surface area contributed by atoms with Crippen LogP contribution in [0.4, 0.5) is 4.79 Å². The summed E-state index contributed by atoms with van der Waals surface area (Å²) in [7, 11) is 1.47. The van der Waals surface area contributed by atoms with Crippen molar-refractivity contribution in [1.82, 2.24) is 24.8 Å². The molecule has 3 amide bonds. The zero-order chi connectivity index (χ0) is 23.1. The average molecular weight is 444 g/mol. The van der Waals surface area contributed by atoms with Gasteiger partial charge in [-0.25, -0.2) is 4.79 Å². The lowest BCUT2D eigenvalue weighted by atomic mass is 10.1. The van der Waals surface area contributed by atoms with E-state index in [9.17, 15) is 14.7 Å². The fourth-order valence-corrected chi connectivity index (χ4v) is 4.01. The van der Waals surface area contributed by atoms with Crippen molar-refractivity contribution in [3.05, 3.63) is 41.0 Å². The Labute approximate surface area is 188 Å². The van der Waals surface area contributed by atoms with Gasteiger partial charge in [-0.2, -0.15) is 4.98 Å². The van der Waals surface area contributed by atoms with Crippen molar-refractivity contribution < 1.29 is 19.4 Å². The van der Waals surface area contributed by atoms with Crippen molar-refractivity contribution in [1.29, 1.82) is 0 Å². The summed E-state index contributed by atoms with van der Waals surface area (Å²) in [5, 5.41) is 11.7. The molecule has 2 N–H and O–H groups in total. The third-order valence-electron chi connectivity index (χ3n) is 5.79. The van der Waals surface area contributed by atoms with Crippen LogP contribution in [0.1, 0.15) is 59.5 Å². The van der Waals surface area contributed by atoms with E-state index in [1.165, 1.54) is 19.9 Å². The largest absolute Gasteiger partial charge is 0.464 e. The van der Waals surface area contributed by atoms with Gasteiger partial charge in [0.15, 0.2) is 0 Å². The van der Waals surface area contributed by atoms with Gasteiger partial charge in [0.1, 0.15) is 5.69 Å². The van der Waals surface area contributed by atoms with Gasteiger partial charge in [-0.1, -0.05) is 18.9 Å². The Morgan fingerprint density at radius 3 is 2.66 bits per heavy atom. The Bertz CT molecular complexity index is 919. The number of carbonyl (C=O) groups excluding carboxylic acids is 2. The molecule has 0 aliphatic heterocycles. The fourth-order valence-electron chi connectivity index (χ4n) is 4.01. The Kier molecular flexibility index (Phi) is 8.21. The summed E-state index contributed by atoms with van der Waals surface area (Å²) in [4.78, 5) is 35.9. The van der Waals surface area contributed by atoms with Gasteiger partial charge in [0.25, 0.3) is 11.9 Å². The SMILES string of the molecule is CNC(=O)N(CCCO)C(=O)c1c(C)nc(OCC2CCCC2)n1Cc1ccc(C)nc1. The van der Waals surface area contributed by atoms with Crippen molar-refractivity contribution in [2.24, 2.45) is 5.92 Å². The molecule has 0 bridgehead atoms. The second kappa shape index (κ2) is 11.1. The highest BCUT2D eigenvalue weighted by Gasteiger charge is 2.29. The van der Waals surface area contributed by atoms with E-state index >= 15 is 0 Å². The Morgan fingerprint density at radius 2 is 2.03 bits per heavy atom. The third kappa shape index (κ3) is 5.64. The van der Waals surface area contributed by atoms with Crippen LogP contribution < -0.4 is 10.1 Å². The molecule has 32 heavy (non-hydrogen) atoms. The Hall–Kier alpha value is -2.94. The molecule has 1 fully saturated rings. The zero-order valence-electron chi connectivity index (χ0n) is 19.1. The number of aliphatic hydroxyl groups excluding tert-OH is 1. The van der Waals surface area contributed by atoms with Gasteiger partial charge in [-0.05, 0) is 50.7 Å². The molecule has 0 aromatic carbocycles. The van der Waals surface area contributed by atoms with E-state index < -0.39 is 11.9 Å². The van der Waals surface area contributed by atoms with Crippen molar-refractivity contribution >= 4 is 11.9 Å². The maximum atomic E-state index is 13.5. The molecule has 0 saturated heterocycles. The molecular weight excluding hydrogens is 410 g/mol. The fraction of sp³-hybridized carbons (Fsp3) is 0.565. The van der Waals surface area contributed by atoms with Crippen molar-refractivity contribution in [3.8, 4) is 6.01 Å². The van der Waals surface area contributed by atoms with E-state index in [1.807, 2.05) is 19.1 Å². The molecule has 174 valence electrons. The van der Waals surface area contributed by atoms with E-state index in [4.69, 9.17) is 4.74 Å². The predicted molar refractivity (Wildman–Crippen MR) is 120 cm³/mol. The number of imide groups is 1. The molecule has 0 spiro atoms. The van der Waals surface area contributed by atoms with Gasteiger partial charge in [0, 0.05) is 32.1 Å². The van der Waals surface area contributed by atoms with Crippen LogP contribution in [-0.2, 0) is 6.54 Å². The first-order valence-corrected chi connectivity index (χ1v) is 11.2. The quantitative estimate of drug-likeness (QED) is 0.617. The Morgan fingerprint density at radius 1 is 1.28 bits per heavy atom. The van der Waals surface area contributed by atoms with Gasteiger partial charge in [0.05, 0.1) is 18.8 Å². The number of hydrogen-bond acceptors (Lipinski definition) is 6. The number of aryl methyl sites for hydroxylation is 2. The smallest absolute Gasteiger partial charge is 0.324 e. The van der Waals surface area contributed by atoms with Crippen LogP contribution >= 0.6 is 0 Å². The highest BCUT2D eigenvalue weighted by atomic mass is 16.5. The molecule has 0 unspecified atom stereocenters. The number of nitrogens with one attached hydrogen (secondary N) is 1. The van der Waals surface area contributed by atoms with Gasteiger partial charge in [0.2, 0.25) is 0 Å². The monoisotopic (exact) mass is 443 g/mol. The molecule has 9 nitrogen and oxygen atoms in total. The number of nitrogens with zero attached hydrogens (tertiary/aromatic N) is 4. The number of aliphatic hydroxyl groups is 1. The average Bonchev–Trinajstić information content (AvgIpc) is 3.41. The van der Waals surface area contributed by atoms with E-state index in [2.05, 4.69) is 15.3 Å². The summed E-state index contributed by atoms with van der Waals surface area (Å²) in [6, 6.07) is 3.71. The predicted octanol–water partition coefficient (Wildman–Crippen LogP) is 2.68. The standard InChI is InChI=1S/C23H33N5O4/c1-16-9-10-19(13-25-16)14-28-20(21(30)27(11-6-12-29)22(31)24-3)17(2)26-23(28)32-15-18-7-4-5-8-18/h9-10,13,18,29H,4-8,11-12,14-15H2,1-3H3,(H,24,31).